The Morgan fingerprint density at radius 3 is 2.08 bits per heavy atom. The highest BCUT2D eigenvalue weighted by Crippen LogP contribution is 2.44. The molecule has 1 atom stereocenters. The van der Waals surface area contributed by atoms with E-state index in [0.717, 1.165) is 0 Å². The number of nitrogens with two attached hydrogens (primary N) is 1. The Balaban J connectivity index is 1.94. The Morgan fingerprint density at radius 2 is 1.69 bits per heavy atom. The Hall–Kier alpha value is -0.120. The van der Waals surface area contributed by atoms with Gasteiger partial charge in [-0.2, -0.15) is 0 Å². The quantitative estimate of drug-likeness (QED) is 0.660. The summed E-state index contributed by atoms with van der Waals surface area (Å²) in [7, 11) is 2.20. The van der Waals surface area contributed by atoms with Gasteiger partial charge >= 0.3 is 0 Å². The summed E-state index contributed by atoms with van der Waals surface area (Å²) in [6.07, 6.45) is 2.63. The highest BCUT2D eigenvalue weighted by atomic mass is 15.3. The van der Waals surface area contributed by atoms with Crippen molar-refractivity contribution in [1.29, 1.82) is 0 Å². The smallest absolute Gasteiger partial charge is 0.0360 e. The Kier molecular flexibility index (Phi) is 2.34. The van der Waals surface area contributed by atoms with Crippen molar-refractivity contribution in [3.8, 4) is 0 Å². The molecular formula is C10H21N3. The van der Waals surface area contributed by atoms with Crippen LogP contribution in [0.1, 0.15) is 19.8 Å². The van der Waals surface area contributed by atoms with Gasteiger partial charge < -0.3 is 10.6 Å². The van der Waals surface area contributed by atoms with Crippen molar-refractivity contribution in [1.82, 2.24) is 9.80 Å². The zero-order valence-electron chi connectivity index (χ0n) is 8.79. The van der Waals surface area contributed by atoms with Crippen LogP contribution in [-0.2, 0) is 0 Å². The summed E-state index contributed by atoms with van der Waals surface area (Å²) in [4.78, 5) is 5.01. The van der Waals surface area contributed by atoms with E-state index in [1.807, 2.05) is 0 Å². The van der Waals surface area contributed by atoms with E-state index < -0.39 is 0 Å². The van der Waals surface area contributed by atoms with Crippen LogP contribution in [-0.4, -0.2) is 54.6 Å². The molecule has 0 amide bonds. The van der Waals surface area contributed by atoms with Gasteiger partial charge in [0, 0.05) is 37.8 Å². The Labute approximate surface area is 80.9 Å². The first-order chi connectivity index (χ1) is 6.15. The molecule has 1 heterocycles. The number of hydrogen-bond donors (Lipinski definition) is 1. The largest absolute Gasteiger partial charge is 0.326 e. The molecule has 3 heteroatoms. The molecule has 2 N–H and O–H groups in total. The van der Waals surface area contributed by atoms with Crippen molar-refractivity contribution in [2.45, 2.75) is 31.3 Å². The number of likely N-dealkylation sites (N-methyl/N-ethyl adjacent to an activating group) is 1. The number of piperazine rings is 1. The minimum absolute atomic E-state index is 0.343. The van der Waals surface area contributed by atoms with Gasteiger partial charge in [-0.05, 0) is 26.8 Å². The second-order valence-electron chi connectivity index (χ2n) is 4.68. The summed E-state index contributed by atoms with van der Waals surface area (Å²) >= 11 is 0. The molecule has 1 saturated carbocycles. The summed E-state index contributed by atoms with van der Waals surface area (Å²) in [5.74, 6) is 0. The molecular weight excluding hydrogens is 162 g/mol. The number of nitrogens with zero attached hydrogens (tertiary/aromatic N) is 2. The highest BCUT2D eigenvalue weighted by molar-refractivity contribution is 5.09. The highest BCUT2D eigenvalue weighted by Gasteiger charge is 2.50. The van der Waals surface area contributed by atoms with Crippen LogP contribution < -0.4 is 5.73 Å². The van der Waals surface area contributed by atoms with E-state index in [0.29, 0.717) is 11.6 Å². The first-order valence-electron chi connectivity index (χ1n) is 5.34. The van der Waals surface area contributed by atoms with E-state index in [1.54, 1.807) is 0 Å². The first-order valence-corrected chi connectivity index (χ1v) is 5.34. The van der Waals surface area contributed by atoms with Gasteiger partial charge in [-0.15, -0.1) is 0 Å². The predicted octanol–water partition coefficient (Wildman–Crippen LogP) is 0.114. The van der Waals surface area contributed by atoms with Gasteiger partial charge in [-0.25, -0.2) is 0 Å². The molecule has 1 saturated heterocycles. The Bertz CT molecular complexity index is 179. The van der Waals surface area contributed by atoms with Gasteiger partial charge in [0.15, 0.2) is 0 Å². The van der Waals surface area contributed by atoms with Gasteiger partial charge in [0.1, 0.15) is 0 Å². The predicted molar refractivity (Wildman–Crippen MR) is 54.7 cm³/mol. The maximum atomic E-state index is 6.04. The van der Waals surface area contributed by atoms with E-state index in [1.165, 1.54) is 39.0 Å². The van der Waals surface area contributed by atoms with E-state index in [2.05, 4.69) is 23.8 Å². The molecule has 0 aromatic carbocycles. The standard InChI is InChI=1S/C10H21N3/c1-9(11)10(3-4-10)13-7-5-12(2)6-8-13/h9H,3-8,11H2,1-2H3. The molecule has 0 spiro atoms. The minimum atomic E-state index is 0.343. The van der Waals surface area contributed by atoms with Gasteiger partial charge in [-0.1, -0.05) is 0 Å². The van der Waals surface area contributed by atoms with Crippen molar-refractivity contribution >= 4 is 0 Å². The minimum Gasteiger partial charge on any atom is -0.326 e. The molecule has 0 aromatic rings. The van der Waals surface area contributed by atoms with Gasteiger partial charge in [0.25, 0.3) is 0 Å². The average molecular weight is 183 g/mol. The van der Waals surface area contributed by atoms with Crippen molar-refractivity contribution < 1.29 is 0 Å². The first kappa shape index (κ1) is 9.44. The fraction of sp³-hybridized carbons (Fsp3) is 1.00. The summed E-state index contributed by atoms with van der Waals surface area (Å²) in [6, 6.07) is 0.343. The second-order valence-corrected chi connectivity index (χ2v) is 4.68. The van der Waals surface area contributed by atoms with Gasteiger partial charge in [0.05, 0.1) is 0 Å². The maximum absolute atomic E-state index is 6.04. The van der Waals surface area contributed by atoms with Crippen molar-refractivity contribution in [2.24, 2.45) is 5.73 Å². The molecule has 0 bridgehead atoms. The summed E-state index contributed by atoms with van der Waals surface area (Å²) < 4.78 is 0. The van der Waals surface area contributed by atoms with E-state index >= 15 is 0 Å². The van der Waals surface area contributed by atoms with Crippen LogP contribution in [0.3, 0.4) is 0 Å². The summed E-state index contributed by atoms with van der Waals surface area (Å²) in [6.45, 7) is 6.98. The van der Waals surface area contributed by atoms with Crippen LogP contribution >= 0.6 is 0 Å². The van der Waals surface area contributed by atoms with Crippen molar-refractivity contribution in [3.05, 3.63) is 0 Å². The zero-order valence-corrected chi connectivity index (χ0v) is 8.79. The van der Waals surface area contributed by atoms with Crippen LogP contribution in [0.25, 0.3) is 0 Å². The van der Waals surface area contributed by atoms with Crippen LogP contribution in [0.2, 0.25) is 0 Å². The third-order valence-electron chi connectivity index (χ3n) is 3.74. The Morgan fingerprint density at radius 1 is 1.15 bits per heavy atom. The van der Waals surface area contributed by atoms with Crippen molar-refractivity contribution in [2.75, 3.05) is 33.2 Å². The molecule has 0 radical (unpaired) electrons. The molecule has 13 heavy (non-hydrogen) atoms. The third kappa shape index (κ3) is 1.60. The SMILES string of the molecule is CC(N)C1(N2CCN(C)CC2)CC1. The number of hydrogen-bond acceptors (Lipinski definition) is 3. The average Bonchev–Trinajstić information content (AvgIpc) is 2.86. The number of rotatable bonds is 2. The lowest BCUT2D eigenvalue weighted by Gasteiger charge is -2.40. The summed E-state index contributed by atoms with van der Waals surface area (Å²) in [5, 5.41) is 0. The molecule has 3 nitrogen and oxygen atoms in total. The molecule has 76 valence electrons. The fourth-order valence-corrected chi connectivity index (χ4v) is 2.44. The van der Waals surface area contributed by atoms with Crippen LogP contribution in [0.4, 0.5) is 0 Å². The maximum Gasteiger partial charge on any atom is 0.0360 e. The lowest BCUT2D eigenvalue weighted by atomic mass is 10.1. The molecule has 1 unspecified atom stereocenters. The topological polar surface area (TPSA) is 32.5 Å². The molecule has 2 rings (SSSR count). The zero-order chi connectivity index (χ0) is 9.47. The van der Waals surface area contributed by atoms with Crippen LogP contribution in [0.15, 0.2) is 0 Å². The van der Waals surface area contributed by atoms with Gasteiger partial charge in [-0.3, -0.25) is 4.90 Å². The van der Waals surface area contributed by atoms with Gasteiger partial charge in [0.2, 0.25) is 0 Å². The van der Waals surface area contributed by atoms with Crippen molar-refractivity contribution in [3.63, 3.8) is 0 Å². The van der Waals surface area contributed by atoms with E-state index in [4.69, 9.17) is 5.73 Å². The van der Waals surface area contributed by atoms with Crippen LogP contribution in [0, 0.1) is 0 Å². The molecule has 1 aliphatic heterocycles. The molecule has 0 aromatic heterocycles. The monoisotopic (exact) mass is 183 g/mol. The van der Waals surface area contributed by atoms with Crippen LogP contribution in [0.5, 0.6) is 0 Å². The molecule has 2 fully saturated rings. The lowest BCUT2D eigenvalue weighted by Crippen LogP contribution is -2.55. The molecule has 1 aliphatic carbocycles. The van der Waals surface area contributed by atoms with E-state index in [-0.39, 0.29) is 0 Å². The van der Waals surface area contributed by atoms with E-state index in [9.17, 15) is 0 Å². The summed E-state index contributed by atoms with van der Waals surface area (Å²) in [5.41, 5.74) is 6.43. The lowest BCUT2D eigenvalue weighted by molar-refractivity contribution is 0.0872. The second kappa shape index (κ2) is 3.23. The molecule has 2 aliphatic rings. The third-order valence-corrected chi connectivity index (χ3v) is 3.74. The normalized spacial score (nSPS) is 31.6. The fourth-order valence-electron chi connectivity index (χ4n) is 2.44.